The van der Waals surface area contributed by atoms with Crippen molar-refractivity contribution in [2.75, 3.05) is 6.54 Å². The number of aromatic carboxylic acids is 1. The zero-order chi connectivity index (χ0) is 22.8. The van der Waals surface area contributed by atoms with Crippen molar-refractivity contribution in [1.29, 1.82) is 0 Å². The Hall–Kier alpha value is -2.40. The molecule has 0 unspecified atom stereocenters. The van der Waals surface area contributed by atoms with E-state index in [1.54, 1.807) is 24.3 Å². The Balaban J connectivity index is 0.00000385. The third-order valence-electron chi connectivity index (χ3n) is 5.61. The van der Waals surface area contributed by atoms with Crippen LogP contribution in [0.2, 0.25) is 0 Å². The van der Waals surface area contributed by atoms with Crippen molar-refractivity contribution in [3.63, 3.8) is 0 Å². The molecular weight excluding hydrogens is 421 g/mol. The maximum atomic E-state index is 12.8. The van der Waals surface area contributed by atoms with E-state index in [4.69, 9.17) is 0 Å². The first-order chi connectivity index (χ1) is 15.6. The van der Waals surface area contributed by atoms with E-state index >= 15 is 0 Å². The van der Waals surface area contributed by atoms with Gasteiger partial charge < -0.3 is 14.8 Å². The number of hydrogen-bond donors (Lipinski definition) is 0. The van der Waals surface area contributed by atoms with E-state index in [1.165, 1.54) is 5.56 Å². The minimum absolute atomic E-state index is 0. The molecule has 0 aliphatic heterocycles. The summed E-state index contributed by atoms with van der Waals surface area (Å²) in [5.74, 6) is -0.964. The fourth-order valence-electron chi connectivity index (χ4n) is 3.72. The minimum Gasteiger partial charge on any atom is -0.545 e. The maximum absolute atomic E-state index is 12.8. The third kappa shape index (κ3) is 8.47. The van der Waals surface area contributed by atoms with Crippen LogP contribution in [0.15, 0.2) is 78.9 Å². The number of hydrogen-bond acceptors (Lipinski definition) is 3. The van der Waals surface area contributed by atoms with Gasteiger partial charge >= 0.3 is 29.6 Å². The van der Waals surface area contributed by atoms with Gasteiger partial charge in [0.05, 0.1) is 5.97 Å². The van der Waals surface area contributed by atoms with Gasteiger partial charge in [0.1, 0.15) is 0 Å². The van der Waals surface area contributed by atoms with Gasteiger partial charge in [-0.05, 0) is 47.1 Å². The van der Waals surface area contributed by atoms with E-state index < -0.39 is 5.97 Å². The number of amides is 1. The first kappa shape index (κ1) is 26.8. The van der Waals surface area contributed by atoms with Gasteiger partial charge in [0.2, 0.25) is 5.91 Å². The van der Waals surface area contributed by atoms with Crippen LogP contribution in [-0.2, 0) is 17.8 Å². The molecule has 0 saturated carbocycles. The molecule has 0 aromatic heterocycles. The summed E-state index contributed by atoms with van der Waals surface area (Å²) in [5.41, 5.74) is 4.50. The molecule has 0 fully saturated rings. The van der Waals surface area contributed by atoms with Gasteiger partial charge in [0.15, 0.2) is 0 Å². The standard InChI is InChI=1S/C28H31NO3.Na/c1-2-3-11-27(30)29(20-7-10-22-8-5-4-6-9-22)21-23-12-14-24(15-13-23)25-16-18-26(19-17-25)28(31)32;/h4-6,8-9,12-19H,2-3,7,10-11,20-21H2,1H3,(H,31,32);/q;+1/p-1. The number of carboxylic acids is 1. The van der Waals surface area contributed by atoms with Crippen LogP contribution >= 0.6 is 0 Å². The summed E-state index contributed by atoms with van der Waals surface area (Å²) >= 11 is 0. The molecule has 4 nitrogen and oxygen atoms in total. The normalized spacial score (nSPS) is 10.3. The molecule has 0 aliphatic carbocycles. The van der Waals surface area contributed by atoms with Crippen LogP contribution in [0.5, 0.6) is 0 Å². The minimum atomic E-state index is -1.17. The van der Waals surface area contributed by atoms with Crippen LogP contribution in [-0.4, -0.2) is 23.3 Å². The van der Waals surface area contributed by atoms with Crippen molar-refractivity contribution < 1.29 is 44.3 Å². The van der Waals surface area contributed by atoms with E-state index in [9.17, 15) is 14.7 Å². The summed E-state index contributed by atoms with van der Waals surface area (Å²) < 4.78 is 0. The van der Waals surface area contributed by atoms with Crippen LogP contribution < -0.4 is 34.7 Å². The summed E-state index contributed by atoms with van der Waals surface area (Å²) in [6.07, 6.45) is 4.40. The molecule has 3 rings (SSSR count). The molecule has 0 atom stereocenters. The molecular formula is C28H30NNaO3. The van der Waals surface area contributed by atoms with Crippen molar-refractivity contribution in [2.24, 2.45) is 0 Å². The Bertz CT molecular complexity index is 1000. The van der Waals surface area contributed by atoms with Crippen molar-refractivity contribution in [3.05, 3.63) is 95.6 Å². The van der Waals surface area contributed by atoms with E-state index in [1.807, 2.05) is 47.4 Å². The maximum Gasteiger partial charge on any atom is 1.00 e. The molecule has 0 spiro atoms. The second kappa shape index (κ2) is 14.0. The summed E-state index contributed by atoms with van der Waals surface area (Å²) in [6.45, 7) is 3.44. The van der Waals surface area contributed by atoms with Gasteiger partial charge in [0.25, 0.3) is 0 Å². The molecule has 0 radical (unpaired) electrons. The average Bonchev–Trinajstić information content (AvgIpc) is 2.83. The molecule has 1 amide bonds. The zero-order valence-electron chi connectivity index (χ0n) is 19.6. The summed E-state index contributed by atoms with van der Waals surface area (Å²) in [5, 5.41) is 10.9. The predicted molar refractivity (Wildman–Crippen MR) is 126 cm³/mol. The quantitative estimate of drug-likeness (QED) is 0.418. The van der Waals surface area contributed by atoms with Gasteiger partial charge in [-0.15, -0.1) is 0 Å². The molecule has 0 saturated heterocycles. The molecule has 166 valence electrons. The Labute approximate surface area is 218 Å². The fourth-order valence-corrected chi connectivity index (χ4v) is 3.72. The van der Waals surface area contributed by atoms with Crippen molar-refractivity contribution >= 4 is 11.9 Å². The zero-order valence-corrected chi connectivity index (χ0v) is 21.6. The first-order valence-electron chi connectivity index (χ1n) is 11.3. The molecule has 0 bridgehead atoms. The topological polar surface area (TPSA) is 60.4 Å². The number of carboxylic acid groups (broad SMARTS) is 1. The number of unbranched alkanes of at least 4 members (excludes halogenated alkanes) is 1. The van der Waals surface area contributed by atoms with Gasteiger partial charge in [-0.1, -0.05) is 92.2 Å². The largest absolute Gasteiger partial charge is 1.00 e. The Morgan fingerprint density at radius 3 is 1.97 bits per heavy atom. The Morgan fingerprint density at radius 1 is 0.788 bits per heavy atom. The van der Waals surface area contributed by atoms with E-state index in [2.05, 4.69) is 19.1 Å². The number of benzene rings is 3. The van der Waals surface area contributed by atoms with Gasteiger partial charge in [-0.25, -0.2) is 0 Å². The Morgan fingerprint density at radius 2 is 1.39 bits per heavy atom. The smallest absolute Gasteiger partial charge is 0.545 e. The van der Waals surface area contributed by atoms with E-state index in [-0.39, 0.29) is 41.0 Å². The number of aryl methyl sites for hydroxylation is 1. The molecule has 0 heterocycles. The summed E-state index contributed by atoms with van der Waals surface area (Å²) in [7, 11) is 0. The molecule has 3 aromatic rings. The Kier molecular flexibility index (Phi) is 11.4. The van der Waals surface area contributed by atoms with E-state index in [0.29, 0.717) is 13.0 Å². The molecule has 0 aliphatic rings. The number of nitrogens with zero attached hydrogens (tertiary/aromatic N) is 1. The average molecular weight is 452 g/mol. The second-order valence-corrected chi connectivity index (χ2v) is 8.07. The van der Waals surface area contributed by atoms with E-state index in [0.717, 1.165) is 48.9 Å². The number of rotatable bonds is 11. The third-order valence-corrected chi connectivity index (χ3v) is 5.61. The van der Waals surface area contributed by atoms with Gasteiger partial charge in [0, 0.05) is 19.5 Å². The predicted octanol–water partition coefficient (Wildman–Crippen LogP) is 1.87. The first-order valence-corrected chi connectivity index (χ1v) is 11.3. The van der Waals surface area contributed by atoms with Gasteiger partial charge in [-0.2, -0.15) is 0 Å². The van der Waals surface area contributed by atoms with Crippen LogP contribution in [0.25, 0.3) is 11.1 Å². The molecule has 33 heavy (non-hydrogen) atoms. The van der Waals surface area contributed by atoms with Crippen molar-refractivity contribution in [3.8, 4) is 11.1 Å². The van der Waals surface area contributed by atoms with Crippen LogP contribution in [0, 0.1) is 0 Å². The molecule has 3 aromatic carbocycles. The van der Waals surface area contributed by atoms with Gasteiger partial charge in [-0.3, -0.25) is 4.79 Å². The number of carbonyl (C=O) groups excluding carboxylic acids is 2. The fraction of sp³-hybridized carbons (Fsp3) is 0.286. The van der Waals surface area contributed by atoms with Crippen molar-refractivity contribution in [1.82, 2.24) is 4.90 Å². The van der Waals surface area contributed by atoms with Crippen molar-refractivity contribution in [2.45, 2.75) is 45.6 Å². The molecule has 5 heteroatoms. The van der Waals surface area contributed by atoms with Crippen LogP contribution in [0.3, 0.4) is 0 Å². The molecule has 0 N–H and O–H groups in total. The number of carbonyl (C=O) groups is 2. The SMILES string of the molecule is CCCCC(=O)N(CCCc1ccccc1)Cc1ccc(-c2ccc(C(=O)[O-])cc2)cc1.[Na+]. The summed E-state index contributed by atoms with van der Waals surface area (Å²) in [6, 6.07) is 25.2. The van der Waals surface area contributed by atoms with Crippen LogP contribution in [0.1, 0.15) is 54.1 Å². The van der Waals surface area contributed by atoms with Crippen LogP contribution in [0.4, 0.5) is 0 Å². The summed E-state index contributed by atoms with van der Waals surface area (Å²) in [4.78, 5) is 25.7. The monoisotopic (exact) mass is 451 g/mol. The second-order valence-electron chi connectivity index (χ2n) is 8.07.